The maximum atomic E-state index is 14.6. The molecule has 3 aromatic heterocycles. The predicted octanol–water partition coefficient (Wildman–Crippen LogP) is 4.74. The number of halogens is 2. The molecule has 1 aliphatic heterocycles. The van der Waals surface area contributed by atoms with Gasteiger partial charge in [-0.3, -0.25) is 4.68 Å². The fraction of sp³-hybridized carbons (Fsp3) is 0.391. The van der Waals surface area contributed by atoms with Gasteiger partial charge >= 0.3 is 6.09 Å². The highest BCUT2D eigenvalue weighted by molar-refractivity contribution is 9.10. The molecule has 0 atom stereocenters. The standard InChI is InChI=1S/C23H25BrFN7O2/c1-5-31-11-17-20(29-31)19(28-21(26)27-17)14-10-32(18-7-16(25)15(24)6-13(14)18)12-8-30(9-12)22(33)34-23(2,3)4/h6-7,10-12H,5,8-9H2,1-4H3,(H2,26,27). The Labute approximate surface area is 203 Å². The van der Waals surface area contributed by atoms with E-state index in [0.717, 1.165) is 10.9 Å². The number of hydrogen-bond acceptors (Lipinski definition) is 6. The molecular weight excluding hydrogens is 505 g/mol. The lowest BCUT2D eigenvalue weighted by Crippen LogP contribution is -2.52. The first kappa shape index (κ1) is 22.6. The van der Waals surface area contributed by atoms with Crippen molar-refractivity contribution < 1.29 is 13.9 Å². The molecule has 4 heterocycles. The second-order valence-electron chi connectivity index (χ2n) is 9.42. The summed E-state index contributed by atoms with van der Waals surface area (Å²) in [6.07, 6.45) is 3.40. The van der Waals surface area contributed by atoms with Gasteiger partial charge in [0, 0.05) is 36.8 Å². The Morgan fingerprint density at radius 1 is 1.26 bits per heavy atom. The number of carbonyl (C=O) groups excluding carboxylic acids is 1. The van der Waals surface area contributed by atoms with Crippen molar-refractivity contribution in [3.63, 3.8) is 0 Å². The Morgan fingerprint density at radius 2 is 2.00 bits per heavy atom. The number of rotatable bonds is 3. The van der Waals surface area contributed by atoms with Crippen LogP contribution in [0.15, 0.2) is 29.0 Å². The molecule has 1 aromatic carbocycles. The lowest BCUT2D eigenvalue weighted by atomic mass is 10.1. The summed E-state index contributed by atoms with van der Waals surface area (Å²) in [5, 5.41) is 5.43. The van der Waals surface area contributed by atoms with Crippen LogP contribution in [0, 0.1) is 5.82 Å². The molecule has 5 rings (SSSR count). The van der Waals surface area contributed by atoms with Crippen LogP contribution in [-0.2, 0) is 11.3 Å². The van der Waals surface area contributed by atoms with Gasteiger partial charge in [0.25, 0.3) is 0 Å². The molecular formula is C23H25BrFN7O2. The number of nitrogen functional groups attached to an aromatic ring is 1. The average molecular weight is 530 g/mol. The minimum absolute atomic E-state index is 0.0350. The Bertz CT molecular complexity index is 1430. The monoisotopic (exact) mass is 529 g/mol. The number of amides is 1. The van der Waals surface area contributed by atoms with E-state index >= 15 is 0 Å². The minimum Gasteiger partial charge on any atom is -0.444 e. The summed E-state index contributed by atoms with van der Waals surface area (Å²) in [6, 6.07) is 3.19. The van der Waals surface area contributed by atoms with E-state index in [2.05, 4.69) is 31.0 Å². The first-order valence-corrected chi connectivity index (χ1v) is 11.8. The summed E-state index contributed by atoms with van der Waals surface area (Å²) in [7, 11) is 0. The van der Waals surface area contributed by atoms with Crippen LogP contribution < -0.4 is 5.73 Å². The number of carbonyl (C=O) groups is 1. The Balaban J connectivity index is 1.60. The van der Waals surface area contributed by atoms with Gasteiger partial charge in [0.05, 0.1) is 22.2 Å². The van der Waals surface area contributed by atoms with Crippen LogP contribution in [0.1, 0.15) is 33.7 Å². The summed E-state index contributed by atoms with van der Waals surface area (Å²) < 4.78 is 24.2. The third kappa shape index (κ3) is 3.87. The van der Waals surface area contributed by atoms with E-state index in [-0.39, 0.29) is 23.9 Å². The third-order valence-electron chi connectivity index (χ3n) is 5.79. The van der Waals surface area contributed by atoms with Crippen molar-refractivity contribution in [1.29, 1.82) is 0 Å². The molecule has 0 bridgehead atoms. The van der Waals surface area contributed by atoms with E-state index in [4.69, 9.17) is 10.5 Å². The number of aryl methyl sites for hydroxylation is 1. The zero-order valence-electron chi connectivity index (χ0n) is 19.3. The van der Waals surface area contributed by atoms with Crippen LogP contribution >= 0.6 is 15.9 Å². The maximum Gasteiger partial charge on any atom is 0.410 e. The molecule has 11 heteroatoms. The molecule has 34 heavy (non-hydrogen) atoms. The van der Waals surface area contributed by atoms with Gasteiger partial charge in [0.2, 0.25) is 5.95 Å². The highest BCUT2D eigenvalue weighted by atomic mass is 79.9. The smallest absolute Gasteiger partial charge is 0.410 e. The lowest BCUT2D eigenvalue weighted by molar-refractivity contribution is 0.00158. The van der Waals surface area contributed by atoms with E-state index in [1.165, 1.54) is 6.07 Å². The lowest BCUT2D eigenvalue weighted by Gasteiger charge is -2.40. The second-order valence-corrected chi connectivity index (χ2v) is 10.3. The van der Waals surface area contributed by atoms with Crippen molar-refractivity contribution >= 4 is 49.9 Å². The number of fused-ring (bicyclic) bond motifs is 2. The number of hydrogen-bond donors (Lipinski definition) is 1. The first-order chi connectivity index (χ1) is 16.0. The van der Waals surface area contributed by atoms with E-state index < -0.39 is 5.60 Å². The van der Waals surface area contributed by atoms with E-state index in [0.29, 0.717) is 46.4 Å². The summed E-state index contributed by atoms with van der Waals surface area (Å²) >= 11 is 3.31. The second kappa shape index (κ2) is 7.93. The fourth-order valence-corrected chi connectivity index (χ4v) is 4.51. The average Bonchev–Trinajstić information content (AvgIpc) is 3.27. The van der Waals surface area contributed by atoms with Gasteiger partial charge in [0.15, 0.2) is 0 Å². The largest absolute Gasteiger partial charge is 0.444 e. The quantitative estimate of drug-likeness (QED) is 0.410. The van der Waals surface area contributed by atoms with Crippen molar-refractivity contribution in [2.75, 3.05) is 18.8 Å². The molecule has 1 amide bonds. The van der Waals surface area contributed by atoms with Crippen LogP contribution in [0.4, 0.5) is 15.1 Å². The van der Waals surface area contributed by atoms with Crippen molar-refractivity contribution in [2.45, 2.75) is 45.9 Å². The predicted molar refractivity (Wildman–Crippen MR) is 131 cm³/mol. The molecule has 0 aliphatic carbocycles. The van der Waals surface area contributed by atoms with Crippen LogP contribution in [-0.4, -0.2) is 54.0 Å². The van der Waals surface area contributed by atoms with Crippen molar-refractivity contribution in [1.82, 2.24) is 29.2 Å². The number of aromatic nitrogens is 5. The fourth-order valence-electron chi connectivity index (χ4n) is 4.17. The van der Waals surface area contributed by atoms with Gasteiger partial charge in [-0.25, -0.2) is 19.2 Å². The molecule has 9 nitrogen and oxygen atoms in total. The molecule has 4 aromatic rings. The van der Waals surface area contributed by atoms with Crippen LogP contribution in [0.3, 0.4) is 0 Å². The maximum absolute atomic E-state index is 14.6. The minimum atomic E-state index is -0.564. The van der Waals surface area contributed by atoms with E-state index in [1.54, 1.807) is 15.6 Å². The van der Waals surface area contributed by atoms with E-state index in [9.17, 15) is 9.18 Å². The van der Waals surface area contributed by atoms with E-state index in [1.807, 2.05) is 44.7 Å². The molecule has 0 radical (unpaired) electrons. The molecule has 1 saturated heterocycles. The highest BCUT2D eigenvalue weighted by Gasteiger charge is 2.36. The number of nitrogens with two attached hydrogens (primary N) is 1. The zero-order valence-corrected chi connectivity index (χ0v) is 20.9. The molecule has 1 aliphatic rings. The molecule has 2 N–H and O–H groups in total. The summed E-state index contributed by atoms with van der Waals surface area (Å²) in [6.45, 7) is 9.09. The Hall–Kier alpha value is -3.21. The van der Waals surface area contributed by atoms with Crippen molar-refractivity contribution in [3.05, 3.63) is 34.8 Å². The first-order valence-electron chi connectivity index (χ1n) is 11.0. The number of nitrogens with zero attached hydrogens (tertiary/aromatic N) is 6. The number of ether oxygens (including phenoxy) is 1. The summed E-state index contributed by atoms with van der Waals surface area (Å²) in [4.78, 5) is 22.9. The Morgan fingerprint density at radius 3 is 2.68 bits per heavy atom. The topological polar surface area (TPSA) is 104 Å². The van der Waals surface area contributed by atoms with Gasteiger partial charge < -0.3 is 19.9 Å². The van der Waals surface area contributed by atoms with Gasteiger partial charge in [-0.1, -0.05) is 0 Å². The van der Waals surface area contributed by atoms with Crippen molar-refractivity contribution in [2.24, 2.45) is 0 Å². The van der Waals surface area contributed by atoms with Gasteiger partial charge in [-0.15, -0.1) is 0 Å². The Kier molecular flexibility index (Phi) is 5.27. The van der Waals surface area contributed by atoms with Crippen molar-refractivity contribution in [3.8, 4) is 11.3 Å². The highest BCUT2D eigenvalue weighted by Crippen LogP contribution is 2.39. The third-order valence-corrected chi connectivity index (χ3v) is 6.40. The van der Waals surface area contributed by atoms with Gasteiger partial charge in [0.1, 0.15) is 28.1 Å². The zero-order chi connectivity index (χ0) is 24.4. The summed E-state index contributed by atoms with van der Waals surface area (Å²) in [5.74, 6) is -0.232. The molecule has 178 valence electrons. The van der Waals surface area contributed by atoms with Gasteiger partial charge in [-0.2, -0.15) is 5.10 Å². The number of benzene rings is 1. The van der Waals surface area contributed by atoms with Crippen LogP contribution in [0.25, 0.3) is 33.2 Å². The molecule has 0 saturated carbocycles. The number of likely N-dealkylation sites (tertiary alicyclic amines) is 1. The molecule has 0 unspecified atom stereocenters. The van der Waals surface area contributed by atoms with Gasteiger partial charge in [-0.05, 0) is 55.8 Å². The number of anilines is 1. The molecule has 1 fully saturated rings. The molecule has 0 spiro atoms. The summed E-state index contributed by atoms with van der Waals surface area (Å²) in [5.41, 5.74) is 8.78. The van der Waals surface area contributed by atoms with Crippen LogP contribution in [0.5, 0.6) is 0 Å². The SMILES string of the molecule is CCn1cc2nc(N)nc(-c3cn(C4CN(C(=O)OC(C)(C)C)C4)c4cc(F)c(Br)cc34)c2n1. The normalized spacial score (nSPS) is 14.7. The van der Waals surface area contributed by atoms with Crippen LogP contribution in [0.2, 0.25) is 0 Å².